The number of carbonyl (C=O) groups is 4. The highest BCUT2D eigenvalue weighted by Crippen LogP contribution is 2.40. The Labute approximate surface area is 214 Å². The smallest absolute Gasteiger partial charge is 0.407 e. The molecule has 0 aromatic heterocycles. The summed E-state index contributed by atoms with van der Waals surface area (Å²) in [6.07, 6.45) is 3.31. The quantitative estimate of drug-likeness (QED) is 0.332. The first-order valence-electron chi connectivity index (χ1n) is 11.9. The molecule has 0 radical (unpaired) electrons. The van der Waals surface area contributed by atoms with Crippen molar-refractivity contribution in [2.45, 2.75) is 86.4 Å². The van der Waals surface area contributed by atoms with Gasteiger partial charge in [-0.1, -0.05) is 32.9 Å². The van der Waals surface area contributed by atoms with Crippen molar-refractivity contribution in [3.63, 3.8) is 0 Å². The van der Waals surface area contributed by atoms with Crippen molar-refractivity contribution in [3.8, 4) is 0 Å². The van der Waals surface area contributed by atoms with Crippen LogP contribution in [0.5, 0.6) is 0 Å². The normalized spacial score (nSPS) is 15.4. The summed E-state index contributed by atoms with van der Waals surface area (Å²) in [5, 5.41) is 13.3. The summed E-state index contributed by atoms with van der Waals surface area (Å²) in [6, 6.07) is 0. The Morgan fingerprint density at radius 1 is 0.861 bits per heavy atom. The number of carboxylic acids is 1. The zero-order chi connectivity index (χ0) is 28.3. The third-order valence-corrected chi connectivity index (χ3v) is 4.58. The molecule has 0 spiro atoms. The molecule has 206 valence electrons. The molecule has 10 nitrogen and oxygen atoms in total. The van der Waals surface area contributed by atoms with Gasteiger partial charge in [-0.3, -0.25) is 4.79 Å². The monoisotopic (exact) mass is 512 g/mol. The van der Waals surface area contributed by atoms with E-state index in [1.807, 2.05) is 32.9 Å². The number of alkyl carbamates (subject to hydrolysis) is 2. The molecule has 1 unspecified atom stereocenters. The van der Waals surface area contributed by atoms with Crippen LogP contribution in [0.2, 0.25) is 0 Å². The van der Waals surface area contributed by atoms with Gasteiger partial charge < -0.3 is 30.0 Å². The van der Waals surface area contributed by atoms with Crippen LogP contribution in [0.3, 0.4) is 0 Å². The lowest BCUT2D eigenvalue weighted by atomic mass is 9.76. The number of allylic oxidation sites excluding steroid dienone is 1. The number of rotatable bonds is 7. The fraction of sp³-hybridized carbons (Fsp3) is 0.692. The van der Waals surface area contributed by atoms with Crippen LogP contribution < -0.4 is 10.6 Å². The van der Waals surface area contributed by atoms with E-state index in [9.17, 15) is 19.2 Å². The Morgan fingerprint density at radius 3 is 1.72 bits per heavy atom. The molecule has 0 fully saturated rings. The third kappa shape index (κ3) is 14.4. The second kappa shape index (κ2) is 13.9. The number of ether oxygens (including phenoxy) is 3. The average Bonchev–Trinajstić information content (AvgIpc) is 3.09. The lowest BCUT2D eigenvalue weighted by Crippen LogP contribution is -2.33. The van der Waals surface area contributed by atoms with Gasteiger partial charge in [0.25, 0.3) is 0 Å². The summed E-state index contributed by atoms with van der Waals surface area (Å²) >= 11 is 0. The Hall–Kier alpha value is -3.04. The lowest BCUT2D eigenvalue weighted by Gasteiger charge is -2.29. The van der Waals surface area contributed by atoms with Crippen molar-refractivity contribution < 1.29 is 38.5 Å². The SMILES string of the molecule is CC(C)(C)OC(=O)NCCC(=O)O.COC(=O)C1=C(CCNC(=O)OC(C)(C)C)C(C(C)(C)C)C=C1. The number of amides is 2. The van der Waals surface area contributed by atoms with Gasteiger partial charge >= 0.3 is 24.1 Å². The van der Waals surface area contributed by atoms with E-state index in [1.165, 1.54) is 7.11 Å². The highest BCUT2D eigenvalue weighted by Gasteiger charge is 2.33. The van der Waals surface area contributed by atoms with Crippen molar-refractivity contribution >= 4 is 24.1 Å². The molecule has 1 atom stereocenters. The predicted octanol–water partition coefficient (Wildman–Crippen LogP) is 4.59. The molecule has 1 rings (SSSR count). The topological polar surface area (TPSA) is 140 Å². The van der Waals surface area contributed by atoms with Gasteiger partial charge in [-0.2, -0.15) is 0 Å². The van der Waals surface area contributed by atoms with Gasteiger partial charge in [0.15, 0.2) is 0 Å². The number of nitrogens with one attached hydrogen (secondary N) is 2. The molecule has 2 amide bonds. The second-order valence-corrected chi connectivity index (χ2v) is 11.4. The maximum atomic E-state index is 11.9. The summed E-state index contributed by atoms with van der Waals surface area (Å²) in [4.78, 5) is 44.7. The van der Waals surface area contributed by atoms with Gasteiger partial charge in [-0.15, -0.1) is 0 Å². The number of aliphatic carboxylic acids is 1. The molecule has 0 aromatic rings. The van der Waals surface area contributed by atoms with Crippen molar-refractivity contribution in [1.82, 2.24) is 10.6 Å². The Kier molecular flexibility index (Phi) is 12.7. The van der Waals surface area contributed by atoms with Crippen LogP contribution in [0, 0.1) is 11.3 Å². The van der Waals surface area contributed by atoms with Crippen LogP contribution in [0.1, 0.15) is 75.2 Å². The van der Waals surface area contributed by atoms with Crippen LogP contribution in [0.4, 0.5) is 9.59 Å². The molecule has 0 aliphatic heterocycles. The van der Waals surface area contributed by atoms with Gasteiger partial charge in [0, 0.05) is 19.0 Å². The Bertz CT molecular complexity index is 839. The third-order valence-electron chi connectivity index (χ3n) is 4.58. The summed E-state index contributed by atoms with van der Waals surface area (Å²) in [7, 11) is 1.38. The maximum absolute atomic E-state index is 11.9. The van der Waals surface area contributed by atoms with Crippen LogP contribution in [0.25, 0.3) is 0 Å². The van der Waals surface area contributed by atoms with Crippen LogP contribution in [0.15, 0.2) is 23.3 Å². The second-order valence-electron chi connectivity index (χ2n) is 11.4. The zero-order valence-corrected chi connectivity index (χ0v) is 23.4. The number of methoxy groups -OCH3 is 1. The standard InChI is InChI=1S/C18H29NO4.C8H15NO4/c1-17(2,3)14-9-8-13(15(20)22-7)12(14)10-11-19-16(21)23-18(4,5)6;1-8(2,3)13-7(12)9-5-4-6(10)11/h8-9,14H,10-11H2,1-7H3,(H,19,21);4-5H2,1-3H3,(H,9,12)(H,10,11). The van der Waals surface area contributed by atoms with E-state index in [2.05, 4.69) is 31.4 Å². The number of hydrogen-bond acceptors (Lipinski definition) is 7. The molecule has 1 aliphatic rings. The first-order valence-corrected chi connectivity index (χ1v) is 11.9. The van der Waals surface area contributed by atoms with Gasteiger partial charge in [0.2, 0.25) is 0 Å². The first-order chi connectivity index (χ1) is 16.3. The summed E-state index contributed by atoms with van der Waals surface area (Å²) < 4.78 is 15.0. The molecule has 1 aliphatic carbocycles. The van der Waals surface area contributed by atoms with Crippen molar-refractivity contribution in [3.05, 3.63) is 23.3 Å². The summed E-state index contributed by atoms with van der Waals surface area (Å²) in [5.74, 6) is -1.13. The van der Waals surface area contributed by atoms with Crippen LogP contribution >= 0.6 is 0 Å². The fourth-order valence-electron chi connectivity index (χ4n) is 3.19. The fourth-order valence-corrected chi connectivity index (χ4v) is 3.19. The van der Waals surface area contributed by atoms with Crippen LogP contribution in [-0.4, -0.2) is 60.6 Å². The van der Waals surface area contributed by atoms with Crippen molar-refractivity contribution in [2.75, 3.05) is 20.2 Å². The van der Waals surface area contributed by atoms with Crippen LogP contribution in [-0.2, 0) is 23.8 Å². The van der Waals surface area contributed by atoms with Crippen molar-refractivity contribution in [2.24, 2.45) is 11.3 Å². The minimum Gasteiger partial charge on any atom is -0.481 e. The number of esters is 1. The number of carbonyl (C=O) groups excluding carboxylic acids is 3. The first kappa shape index (κ1) is 33.0. The molecule has 36 heavy (non-hydrogen) atoms. The number of hydrogen-bond donors (Lipinski definition) is 3. The minimum absolute atomic E-state index is 0.00643. The molecular formula is C26H44N2O8. The van der Waals surface area contributed by atoms with E-state index >= 15 is 0 Å². The zero-order valence-electron chi connectivity index (χ0n) is 23.4. The van der Waals surface area contributed by atoms with Crippen molar-refractivity contribution in [1.29, 1.82) is 0 Å². The molecule has 0 heterocycles. The minimum atomic E-state index is -0.948. The average molecular weight is 513 g/mol. The van der Waals surface area contributed by atoms with E-state index in [0.29, 0.717) is 18.5 Å². The van der Waals surface area contributed by atoms with E-state index in [-0.39, 0.29) is 30.3 Å². The Balaban J connectivity index is 0.000000802. The summed E-state index contributed by atoms with van der Waals surface area (Å²) in [6.45, 7) is 17.6. The summed E-state index contributed by atoms with van der Waals surface area (Å²) in [5.41, 5.74) is 0.517. The molecule has 0 aromatic carbocycles. The molecule has 0 saturated carbocycles. The Morgan fingerprint density at radius 2 is 1.33 bits per heavy atom. The highest BCUT2D eigenvalue weighted by molar-refractivity contribution is 5.93. The van der Waals surface area contributed by atoms with E-state index < -0.39 is 29.4 Å². The molecule has 0 saturated heterocycles. The van der Waals surface area contributed by atoms with Gasteiger partial charge in [0.1, 0.15) is 11.2 Å². The van der Waals surface area contributed by atoms with Gasteiger partial charge in [-0.25, -0.2) is 14.4 Å². The predicted molar refractivity (Wildman–Crippen MR) is 136 cm³/mol. The molecule has 0 bridgehead atoms. The van der Waals surface area contributed by atoms with E-state index in [0.717, 1.165) is 5.57 Å². The lowest BCUT2D eigenvalue weighted by molar-refractivity contribution is -0.137. The molecule has 10 heteroatoms. The van der Waals surface area contributed by atoms with Gasteiger partial charge in [0.05, 0.1) is 19.1 Å². The van der Waals surface area contributed by atoms with E-state index in [1.54, 1.807) is 20.8 Å². The molecular weight excluding hydrogens is 468 g/mol. The largest absolute Gasteiger partial charge is 0.481 e. The molecule has 3 N–H and O–H groups in total. The highest BCUT2D eigenvalue weighted by atomic mass is 16.6. The van der Waals surface area contributed by atoms with Gasteiger partial charge in [-0.05, 0) is 59.0 Å². The number of carboxylic acid groups (broad SMARTS) is 1. The van der Waals surface area contributed by atoms with E-state index in [4.69, 9.17) is 19.3 Å². The maximum Gasteiger partial charge on any atom is 0.407 e.